The fourth-order valence-corrected chi connectivity index (χ4v) is 3.21. The van der Waals surface area contributed by atoms with E-state index in [1.54, 1.807) is 6.08 Å². The van der Waals surface area contributed by atoms with Crippen LogP contribution in [0.3, 0.4) is 0 Å². The summed E-state index contributed by atoms with van der Waals surface area (Å²) in [4.78, 5) is 12.3. The Hall–Kier alpha value is -2.86. The van der Waals surface area contributed by atoms with Gasteiger partial charge in [0.2, 0.25) is 0 Å². The van der Waals surface area contributed by atoms with Gasteiger partial charge in [-0.15, -0.1) is 16.8 Å². The number of aromatic nitrogens is 3. The van der Waals surface area contributed by atoms with E-state index >= 15 is 0 Å². The number of hydrogen-bond donors (Lipinski definition) is 0. The minimum absolute atomic E-state index is 0.0610. The molecule has 5 nitrogen and oxygen atoms in total. The van der Waals surface area contributed by atoms with Crippen LogP contribution in [0.15, 0.2) is 78.5 Å². The predicted molar refractivity (Wildman–Crippen MR) is 102 cm³/mol. The van der Waals surface area contributed by atoms with Crippen molar-refractivity contribution in [1.29, 1.82) is 0 Å². The smallest absolute Gasteiger partial charge is 0.192 e. The van der Waals surface area contributed by atoms with E-state index in [0.717, 1.165) is 5.75 Å². The Morgan fingerprint density at radius 2 is 1.77 bits per heavy atom. The third-order valence-corrected chi connectivity index (χ3v) is 4.61. The van der Waals surface area contributed by atoms with Crippen LogP contribution in [0.1, 0.15) is 16.2 Å². The van der Waals surface area contributed by atoms with Crippen LogP contribution in [0.4, 0.5) is 0 Å². The lowest BCUT2D eigenvalue weighted by molar-refractivity contribution is 0.102. The molecule has 26 heavy (non-hydrogen) atoms. The van der Waals surface area contributed by atoms with Crippen molar-refractivity contribution in [2.24, 2.45) is 0 Å². The zero-order valence-electron chi connectivity index (χ0n) is 14.2. The molecule has 1 aromatic heterocycles. The maximum Gasteiger partial charge on any atom is 0.192 e. The number of ketones is 1. The number of carbonyl (C=O) groups is 1. The number of ether oxygens (including phenoxy) is 1. The summed E-state index contributed by atoms with van der Waals surface area (Å²) < 4.78 is 7.67. The third kappa shape index (κ3) is 4.61. The first-order valence-corrected chi connectivity index (χ1v) is 9.18. The van der Waals surface area contributed by atoms with Crippen molar-refractivity contribution < 1.29 is 9.53 Å². The molecule has 6 heteroatoms. The van der Waals surface area contributed by atoms with Crippen LogP contribution in [-0.2, 0) is 13.2 Å². The van der Waals surface area contributed by atoms with Crippen LogP contribution < -0.4 is 4.74 Å². The molecule has 0 saturated heterocycles. The molecule has 0 saturated carbocycles. The lowest BCUT2D eigenvalue weighted by Gasteiger charge is -2.09. The minimum Gasteiger partial charge on any atom is -0.486 e. The van der Waals surface area contributed by atoms with Crippen molar-refractivity contribution in [3.8, 4) is 5.75 Å². The number of rotatable bonds is 9. The van der Waals surface area contributed by atoms with E-state index < -0.39 is 0 Å². The van der Waals surface area contributed by atoms with E-state index in [4.69, 9.17) is 4.74 Å². The quantitative estimate of drug-likeness (QED) is 0.326. The molecule has 1 heterocycles. The van der Waals surface area contributed by atoms with Crippen LogP contribution in [0.2, 0.25) is 0 Å². The van der Waals surface area contributed by atoms with E-state index in [-0.39, 0.29) is 5.78 Å². The van der Waals surface area contributed by atoms with Crippen molar-refractivity contribution in [2.45, 2.75) is 18.3 Å². The molecule has 2 aromatic carbocycles. The van der Waals surface area contributed by atoms with Gasteiger partial charge in [0.25, 0.3) is 0 Å². The van der Waals surface area contributed by atoms with Gasteiger partial charge in [-0.25, -0.2) is 0 Å². The summed E-state index contributed by atoms with van der Waals surface area (Å²) in [7, 11) is 0. The molecule has 0 N–H and O–H groups in total. The zero-order chi connectivity index (χ0) is 18.2. The average Bonchev–Trinajstić information content (AvgIpc) is 3.08. The second-order valence-corrected chi connectivity index (χ2v) is 6.42. The number of nitrogens with zero attached hydrogens (tertiary/aromatic N) is 3. The molecule has 0 atom stereocenters. The maximum atomic E-state index is 12.3. The topological polar surface area (TPSA) is 57.0 Å². The zero-order valence-corrected chi connectivity index (χ0v) is 15.1. The minimum atomic E-state index is 0.0610. The second-order valence-electron chi connectivity index (χ2n) is 5.48. The Bertz CT molecular complexity index is 863. The lowest BCUT2D eigenvalue weighted by atomic mass is 10.2. The Kier molecular flexibility index (Phi) is 6.22. The van der Waals surface area contributed by atoms with Gasteiger partial charge in [-0.3, -0.25) is 9.36 Å². The first-order chi connectivity index (χ1) is 12.8. The fraction of sp³-hybridized carbons (Fsp3) is 0.150. The van der Waals surface area contributed by atoms with Crippen LogP contribution in [0.25, 0.3) is 0 Å². The Labute approximate surface area is 156 Å². The summed E-state index contributed by atoms with van der Waals surface area (Å²) in [5.74, 6) is 1.84. The Balaban J connectivity index is 1.66. The second kappa shape index (κ2) is 9.01. The molecular weight excluding hydrogens is 346 g/mol. The van der Waals surface area contributed by atoms with E-state index in [1.165, 1.54) is 11.8 Å². The van der Waals surface area contributed by atoms with E-state index in [1.807, 2.05) is 65.2 Å². The van der Waals surface area contributed by atoms with Crippen molar-refractivity contribution in [1.82, 2.24) is 14.8 Å². The van der Waals surface area contributed by atoms with Gasteiger partial charge in [0.05, 0.1) is 5.75 Å². The summed E-state index contributed by atoms with van der Waals surface area (Å²) >= 11 is 1.37. The average molecular weight is 365 g/mol. The molecule has 0 aliphatic rings. The van der Waals surface area contributed by atoms with E-state index in [0.29, 0.717) is 35.4 Å². The summed E-state index contributed by atoms with van der Waals surface area (Å²) in [6.07, 6.45) is 1.78. The molecule has 132 valence electrons. The standard InChI is InChI=1S/C20H19N3O2S/c1-2-13-23-19(14-25-17-11-7-4-8-12-17)21-22-20(23)26-15-18(24)16-9-5-3-6-10-16/h2-12H,1,13-15H2. The van der Waals surface area contributed by atoms with Crippen molar-refractivity contribution in [3.05, 3.63) is 84.7 Å². The first kappa shape index (κ1) is 17.9. The van der Waals surface area contributed by atoms with Gasteiger partial charge in [-0.05, 0) is 12.1 Å². The van der Waals surface area contributed by atoms with Gasteiger partial charge >= 0.3 is 0 Å². The van der Waals surface area contributed by atoms with E-state index in [9.17, 15) is 4.79 Å². The molecule has 3 rings (SSSR count). The van der Waals surface area contributed by atoms with E-state index in [2.05, 4.69) is 16.8 Å². The van der Waals surface area contributed by atoms with Crippen LogP contribution in [-0.4, -0.2) is 26.3 Å². The van der Waals surface area contributed by atoms with Crippen molar-refractivity contribution in [2.75, 3.05) is 5.75 Å². The van der Waals surface area contributed by atoms with Gasteiger partial charge in [-0.2, -0.15) is 0 Å². The van der Waals surface area contributed by atoms with Crippen LogP contribution in [0, 0.1) is 0 Å². The number of carbonyl (C=O) groups excluding carboxylic acids is 1. The SMILES string of the molecule is C=CCn1c(COc2ccccc2)nnc1SCC(=O)c1ccccc1. The van der Waals surface area contributed by atoms with Gasteiger partial charge in [0.15, 0.2) is 16.8 Å². The predicted octanol–water partition coefficient (Wildman–Crippen LogP) is 4.02. The molecule has 0 aliphatic carbocycles. The Morgan fingerprint density at radius 3 is 2.46 bits per heavy atom. The van der Waals surface area contributed by atoms with Crippen LogP contribution in [0.5, 0.6) is 5.75 Å². The molecule has 0 radical (unpaired) electrons. The third-order valence-electron chi connectivity index (χ3n) is 3.64. The number of para-hydroxylation sites is 1. The van der Waals surface area contributed by atoms with Gasteiger partial charge < -0.3 is 4.74 Å². The fourth-order valence-electron chi connectivity index (χ4n) is 2.35. The molecule has 3 aromatic rings. The number of hydrogen-bond acceptors (Lipinski definition) is 5. The number of thioether (sulfide) groups is 1. The number of allylic oxidation sites excluding steroid dienone is 1. The highest BCUT2D eigenvalue weighted by atomic mass is 32.2. The highest BCUT2D eigenvalue weighted by Crippen LogP contribution is 2.20. The highest BCUT2D eigenvalue weighted by Gasteiger charge is 2.14. The number of Topliss-reactive ketones (excluding diaryl/α,β-unsaturated/α-hetero) is 1. The summed E-state index contributed by atoms with van der Waals surface area (Å²) in [5.41, 5.74) is 0.697. The summed E-state index contributed by atoms with van der Waals surface area (Å²) in [6, 6.07) is 18.8. The van der Waals surface area contributed by atoms with Crippen LogP contribution >= 0.6 is 11.8 Å². The Morgan fingerprint density at radius 1 is 1.08 bits per heavy atom. The molecular formula is C20H19N3O2S. The summed E-state index contributed by atoms with van der Waals surface area (Å²) in [5, 5.41) is 9.10. The first-order valence-electron chi connectivity index (χ1n) is 8.20. The lowest BCUT2D eigenvalue weighted by Crippen LogP contribution is -2.08. The summed E-state index contributed by atoms with van der Waals surface area (Å²) in [6.45, 7) is 4.65. The van der Waals surface area contributed by atoms with Gasteiger partial charge in [0.1, 0.15) is 12.4 Å². The molecule has 0 aliphatic heterocycles. The van der Waals surface area contributed by atoms with Gasteiger partial charge in [-0.1, -0.05) is 66.4 Å². The molecule has 0 amide bonds. The highest BCUT2D eigenvalue weighted by molar-refractivity contribution is 7.99. The monoisotopic (exact) mass is 365 g/mol. The van der Waals surface area contributed by atoms with Crippen molar-refractivity contribution in [3.63, 3.8) is 0 Å². The molecule has 0 fully saturated rings. The number of benzene rings is 2. The molecule has 0 spiro atoms. The normalized spacial score (nSPS) is 10.5. The largest absolute Gasteiger partial charge is 0.486 e. The maximum absolute atomic E-state index is 12.3. The molecule has 0 bridgehead atoms. The molecule has 0 unspecified atom stereocenters. The van der Waals surface area contributed by atoms with Crippen molar-refractivity contribution >= 4 is 17.5 Å². The van der Waals surface area contributed by atoms with Gasteiger partial charge in [0, 0.05) is 12.1 Å².